The Labute approximate surface area is 117 Å². The Morgan fingerprint density at radius 2 is 2.26 bits per heavy atom. The van der Waals surface area contributed by atoms with Crippen LogP contribution in [0.4, 0.5) is 5.82 Å². The summed E-state index contributed by atoms with van der Waals surface area (Å²) in [6.07, 6.45) is 8.37. The predicted octanol–water partition coefficient (Wildman–Crippen LogP) is 1.77. The summed E-state index contributed by atoms with van der Waals surface area (Å²) in [6, 6.07) is 3.62. The van der Waals surface area contributed by atoms with Gasteiger partial charge < -0.3 is 10.7 Å². The lowest BCUT2D eigenvalue weighted by atomic mass is 9.94. The number of thioether (sulfide) groups is 1. The number of carbonyl (C=O) groups excluding carboxylic acids is 1. The lowest BCUT2D eigenvalue weighted by molar-refractivity contribution is 0.0929. The first-order chi connectivity index (χ1) is 9.24. The van der Waals surface area contributed by atoms with Crippen LogP contribution >= 0.6 is 11.8 Å². The van der Waals surface area contributed by atoms with Crippen LogP contribution in [0.1, 0.15) is 36.0 Å². The molecular formula is C13H20N4OS. The van der Waals surface area contributed by atoms with E-state index in [9.17, 15) is 4.79 Å². The van der Waals surface area contributed by atoms with E-state index >= 15 is 0 Å². The predicted molar refractivity (Wildman–Crippen MR) is 79.1 cm³/mol. The Balaban J connectivity index is 2.02. The summed E-state index contributed by atoms with van der Waals surface area (Å²) in [5.41, 5.74) is 3.04. The van der Waals surface area contributed by atoms with E-state index in [4.69, 9.17) is 5.84 Å². The van der Waals surface area contributed by atoms with Crippen LogP contribution in [0.15, 0.2) is 18.3 Å². The Bertz CT molecular complexity index is 440. The molecule has 2 unspecified atom stereocenters. The summed E-state index contributed by atoms with van der Waals surface area (Å²) in [4.78, 5) is 16.2. The number of aromatic nitrogens is 1. The average Bonchev–Trinajstić information content (AvgIpc) is 2.47. The van der Waals surface area contributed by atoms with Gasteiger partial charge in [-0.1, -0.05) is 12.8 Å². The summed E-state index contributed by atoms with van der Waals surface area (Å²) < 4.78 is 0. The van der Waals surface area contributed by atoms with E-state index in [0.717, 1.165) is 6.42 Å². The maximum Gasteiger partial charge on any atom is 0.251 e. The van der Waals surface area contributed by atoms with Gasteiger partial charge in [0.1, 0.15) is 5.82 Å². The van der Waals surface area contributed by atoms with E-state index < -0.39 is 0 Å². The Kier molecular flexibility index (Phi) is 5.04. The number of nitrogens with two attached hydrogens (primary N) is 1. The molecule has 2 atom stereocenters. The van der Waals surface area contributed by atoms with Gasteiger partial charge in [-0.05, 0) is 31.2 Å². The summed E-state index contributed by atoms with van der Waals surface area (Å²) in [5, 5.41) is 3.65. The maximum absolute atomic E-state index is 12.2. The molecule has 0 radical (unpaired) electrons. The molecule has 5 nitrogen and oxygen atoms in total. The lowest BCUT2D eigenvalue weighted by Gasteiger charge is -2.30. The fraction of sp³-hybridized carbons (Fsp3) is 0.538. The molecule has 1 fully saturated rings. The van der Waals surface area contributed by atoms with Crippen LogP contribution in [0, 0.1) is 0 Å². The standard InChI is InChI=1S/C13H20N4OS/c1-19-11-5-3-2-4-10(11)16-13(18)9-6-7-15-12(8-9)17-14/h6-8,10-11H,2-5,14H2,1H3,(H,15,17)(H,16,18). The van der Waals surface area contributed by atoms with E-state index in [1.807, 2.05) is 11.8 Å². The number of nitrogens with one attached hydrogen (secondary N) is 2. The molecule has 0 aliphatic heterocycles. The number of amides is 1. The highest BCUT2D eigenvalue weighted by atomic mass is 32.2. The van der Waals surface area contributed by atoms with E-state index in [1.165, 1.54) is 19.3 Å². The van der Waals surface area contributed by atoms with Crippen molar-refractivity contribution in [1.29, 1.82) is 0 Å². The van der Waals surface area contributed by atoms with Crippen LogP contribution in [0.3, 0.4) is 0 Å². The molecule has 1 aromatic rings. The third-order valence-corrected chi connectivity index (χ3v) is 4.66. The minimum Gasteiger partial charge on any atom is -0.348 e. The van der Waals surface area contributed by atoms with Crippen molar-refractivity contribution in [2.24, 2.45) is 5.84 Å². The van der Waals surface area contributed by atoms with Crippen LogP contribution in [0.25, 0.3) is 0 Å². The minimum absolute atomic E-state index is 0.0511. The number of carbonyl (C=O) groups is 1. The molecule has 0 spiro atoms. The van der Waals surface area contributed by atoms with Gasteiger partial charge in [-0.3, -0.25) is 4.79 Å². The summed E-state index contributed by atoms with van der Waals surface area (Å²) in [7, 11) is 0. The summed E-state index contributed by atoms with van der Waals surface area (Å²) in [6.45, 7) is 0. The summed E-state index contributed by atoms with van der Waals surface area (Å²) >= 11 is 1.84. The number of hydrazine groups is 1. The molecule has 0 saturated heterocycles. The molecule has 0 bridgehead atoms. The number of anilines is 1. The number of nitrogen functional groups attached to an aromatic ring is 1. The monoisotopic (exact) mass is 280 g/mol. The quantitative estimate of drug-likeness (QED) is 0.578. The van der Waals surface area contributed by atoms with Crippen LogP contribution < -0.4 is 16.6 Å². The smallest absolute Gasteiger partial charge is 0.251 e. The molecule has 19 heavy (non-hydrogen) atoms. The van der Waals surface area contributed by atoms with E-state index in [0.29, 0.717) is 16.6 Å². The van der Waals surface area contributed by atoms with Gasteiger partial charge in [0.15, 0.2) is 0 Å². The third-order valence-electron chi connectivity index (χ3n) is 3.49. The molecule has 6 heteroatoms. The Hall–Kier alpha value is -1.27. The van der Waals surface area contributed by atoms with Crippen LogP contribution in [0.2, 0.25) is 0 Å². The number of hydrogen-bond donors (Lipinski definition) is 3. The van der Waals surface area contributed by atoms with Crippen LogP contribution in [-0.4, -0.2) is 28.4 Å². The Morgan fingerprint density at radius 1 is 1.47 bits per heavy atom. The van der Waals surface area contributed by atoms with Crippen LogP contribution in [-0.2, 0) is 0 Å². The van der Waals surface area contributed by atoms with Gasteiger partial charge in [-0.25, -0.2) is 10.8 Å². The molecule has 1 aromatic heterocycles. The number of rotatable bonds is 4. The number of pyridine rings is 1. The molecular weight excluding hydrogens is 260 g/mol. The largest absolute Gasteiger partial charge is 0.348 e. The molecule has 4 N–H and O–H groups in total. The number of nitrogens with zero attached hydrogens (tertiary/aromatic N) is 1. The number of hydrogen-bond acceptors (Lipinski definition) is 5. The van der Waals surface area contributed by atoms with E-state index in [-0.39, 0.29) is 11.9 Å². The van der Waals surface area contributed by atoms with Crippen molar-refractivity contribution in [3.05, 3.63) is 23.9 Å². The second kappa shape index (κ2) is 6.77. The fourth-order valence-corrected chi connectivity index (χ4v) is 3.38. The molecule has 1 aliphatic carbocycles. The molecule has 0 aromatic carbocycles. The average molecular weight is 280 g/mol. The topological polar surface area (TPSA) is 80.0 Å². The molecule has 2 rings (SSSR count). The zero-order chi connectivity index (χ0) is 13.7. The highest BCUT2D eigenvalue weighted by Crippen LogP contribution is 2.27. The highest BCUT2D eigenvalue weighted by Gasteiger charge is 2.26. The van der Waals surface area contributed by atoms with E-state index in [1.54, 1.807) is 18.3 Å². The fourth-order valence-electron chi connectivity index (χ4n) is 2.45. The normalized spacial score (nSPS) is 22.8. The lowest BCUT2D eigenvalue weighted by Crippen LogP contribution is -2.43. The zero-order valence-electron chi connectivity index (χ0n) is 11.1. The van der Waals surface area contributed by atoms with E-state index in [2.05, 4.69) is 22.0 Å². The van der Waals surface area contributed by atoms with Crippen LogP contribution in [0.5, 0.6) is 0 Å². The van der Waals surface area contributed by atoms with Crippen molar-refractivity contribution < 1.29 is 4.79 Å². The second-order valence-electron chi connectivity index (χ2n) is 4.71. The van der Waals surface area contributed by atoms with Crippen molar-refractivity contribution in [3.63, 3.8) is 0 Å². The molecule has 1 heterocycles. The van der Waals surface area contributed by atoms with Gasteiger partial charge in [0, 0.05) is 23.1 Å². The van der Waals surface area contributed by atoms with Crippen molar-refractivity contribution in [1.82, 2.24) is 10.3 Å². The maximum atomic E-state index is 12.2. The first kappa shape index (κ1) is 14.1. The van der Waals surface area contributed by atoms with Crippen molar-refractivity contribution in [2.45, 2.75) is 37.0 Å². The molecule has 1 aliphatic rings. The highest BCUT2D eigenvalue weighted by molar-refractivity contribution is 7.99. The van der Waals surface area contributed by atoms with Gasteiger partial charge >= 0.3 is 0 Å². The van der Waals surface area contributed by atoms with Gasteiger partial charge in [0.05, 0.1) is 0 Å². The molecule has 104 valence electrons. The van der Waals surface area contributed by atoms with Gasteiger partial charge in [0.25, 0.3) is 5.91 Å². The molecule has 1 saturated carbocycles. The SMILES string of the molecule is CSC1CCCCC1NC(=O)c1ccnc(NN)c1. The van der Waals surface area contributed by atoms with Crippen molar-refractivity contribution in [2.75, 3.05) is 11.7 Å². The first-order valence-electron chi connectivity index (χ1n) is 6.51. The Morgan fingerprint density at radius 3 is 3.00 bits per heavy atom. The summed E-state index contributed by atoms with van der Waals surface area (Å²) in [5.74, 6) is 5.75. The zero-order valence-corrected chi connectivity index (χ0v) is 11.9. The van der Waals surface area contributed by atoms with Crippen molar-refractivity contribution >= 4 is 23.5 Å². The van der Waals surface area contributed by atoms with Gasteiger partial charge in [0.2, 0.25) is 0 Å². The second-order valence-corrected chi connectivity index (χ2v) is 5.79. The minimum atomic E-state index is -0.0511. The van der Waals surface area contributed by atoms with Gasteiger partial charge in [-0.2, -0.15) is 11.8 Å². The van der Waals surface area contributed by atoms with Crippen molar-refractivity contribution in [3.8, 4) is 0 Å². The third kappa shape index (κ3) is 3.61. The first-order valence-corrected chi connectivity index (χ1v) is 7.79. The van der Waals surface area contributed by atoms with Gasteiger partial charge in [-0.15, -0.1) is 0 Å². The molecule has 1 amide bonds.